The summed E-state index contributed by atoms with van der Waals surface area (Å²) in [6, 6.07) is 19.6. The Kier molecular flexibility index (Phi) is 5.33. The molecule has 6 nitrogen and oxygen atoms in total. The van der Waals surface area contributed by atoms with Gasteiger partial charge in [-0.3, -0.25) is 0 Å². The number of methoxy groups -OCH3 is 1. The van der Waals surface area contributed by atoms with E-state index in [4.69, 9.17) is 9.72 Å². The number of aromatic nitrogens is 2. The van der Waals surface area contributed by atoms with Crippen LogP contribution in [0, 0.1) is 5.82 Å². The van der Waals surface area contributed by atoms with Crippen LogP contribution in [0.15, 0.2) is 66.7 Å². The van der Waals surface area contributed by atoms with Crippen LogP contribution in [0.5, 0.6) is 11.5 Å². The number of halogens is 1. The van der Waals surface area contributed by atoms with Gasteiger partial charge in [0.15, 0.2) is 5.82 Å². The number of rotatable bonds is 5. The lowest BCUT2D eigenvalue weighted by Gasteiger charge is -2.22. The summed E-state index contributed by atoms with van der Waals surface area (Å²) in [5, 5.41) is 18.2. The van der Waals surface area contributed by atoms with Gasteiger partial charge in [0.05, 0.1) is 18.2 Å². The highest BCUT2D eigenvalue weighted by Crippen LogP contribution is 2.33. The van der Waals surface area contributed by atoms with Gasteiger partial charge >= 0.3 is 0 Å². The number of benzene rings is 3. The summed E-state index contributed by atoms with van der Waals surface area (Å²) in [5.74, 6) is 1.43. The zero-order valence-corrected chi connectivity index (χ0v) is 17.5. The number of para-hydroxylation sites is 1. The van der Waals surface area contributed by atoms with Crippen molar-refractivity contribution in [3.8, 4) is 22.9 Å². The van der Waals surface area contributed by atoms with Gasteiger partial charge in [0.25, 0.3) is 0 Å². The molecule has 0 amide bonds. The van der Waals surface area contributed by atoms with Gasteiger partial charge in [0.2, 0.25) is 0 Å². The van der Waals surface area contributed by atoms with Crippen LogP contribution in [0.1, 0.15) is 11.5 Å². The Hall–Kier alpha value is -3.71. The number of nitrogens with one attached hydrogen (secondary N) is 2. The maximum absolute atomic E-state index is 13.9. The van der Waals surface area contributed by atoms with Gasteiger partial charge in [-0.05, 0) is 48.0 Å². The molecular formula is C25H23FN4O2. The van der Waals surface area contributed by atoms with E-state index < -0.39 is 5.82 Å². The molecule has 7 heteroatoms. The maximum atomic E-state index is 13.9. The standard InChI is InChI=1S/C25H23FN4O2/c1-32-17-6-4-5-15(11-17)20-13-27-14-22(20)29-24-18-7-2-3-8-21(18)28-25(30-24)19-12-16(26)9-10-23(19)31/h2-12,20,22,27,31H,13-14H2,1H3,(H,28,29,30)/t20?,22-/m1/s1. The Labute approximate surface area is 185 Å². The zero-order chi connectivity index (χ0) is 22.1. The number of anilines is 1. The number of aromatic hydroxyl groups is 1. The fourth-order valence-corrected chi connectivity index (χ4v) is 4.22. The summed E-state index contributed by atoms with van der Waals surface area (Å²) < 4.78 is 19.3. The molecule has 1 unspecified atom stereocenters. The van der Waals surface area contributed by atoms with E-state index in [1.165, 1.54) is 23.8 Å². The molecule has 1 saturated heterocycles. The first kappa shape index (κ1) is 20.2. The van der Waals surface area contributed by atoms with Crippen LogP contribution in [0.25, 0.3) is 22.3 Å². The highest BCUT2D eigenvalue weighted by molar-refractivity contribution is 5.91. The number of fused-ring (bicyclic) bond motifs is 1. The number of hydrogen-bond acceptors (Lipinski definition) is 6. The van der Waals surface area contributed by atoms with Crippen molar-refractivity contribution in [1.82, 2.24) is 15.3 Å². The van der Waals surface area contributed by atoms with Crippen molar-refractivity contribution in [2.24, 2.45) is 0 Å². The minimum atomic E-state index is -0.456. The zero-order valence-electron chi connectivity index (χ0n) is 17.5. The third-order valence-corrected chi connectivity index (χ3v) is 5.86. The third kappa shape index (κ3) is 3.83. The summed E-state index contributed by atoms with van der Waals surface area (Å²) >= 11 is 0. The third-order valence-electron chi connectivity index (χ3n) is 5.86. The van der Waals surface area contributed by atoms with Gasteiger partial charge in [0, 0.05) is 30.4 Å². The van der Waals surface area contributed by atoms with Crippen LogP contribution in [0.2, 0.25) is 0 Å². The Morgan fingerprint density at radius 2 is 1.91 bits per heavy atom. The van der Waals surface area contributed by atoms with Crippen molar-refractivity contribution in [2.45, 2.75) is 12.0 Å². The van der Waals surface area contributed by atoms with Gasteiger partial charge in [-0.1, -0.05) is 24.3 Å². The molecule has 0 spiro atoms. The van der Waals surface area contributed by atoms with Crippen LogP contribution in [0.4, 0.5) is 10.2 Å². The highest BCUT2D eigenvalue weighted by atomic mass is 19.1. The SMILES string of the molecule is COc1cccc(C2CNC[C@H]2Nc2nc(-c3cc(F)ccc3O)nc3ccccc23)c1. The summed E-state index contributed by atoms with van der Waals surface area (Å²) in [7, 11) is 1.66. The minimum Gasteiger partial charge on any atom is -0.507 e. The summed E-state index contributed by atoms with van der Waals surface area (Å²) in [6.45, 7) is 1.59. The number of phenols is 1. The summed E-state index contributed by atoms with van der Waals surface area (Å²) in [6.07, 6.45) is 0. The predicted octanol–water partition coefficient (Wildman–Crippen LogP) is 4.32. The molecule has 2 heterocycles. The molecule has 1 aliphatic rings. The quantitative estimate of drug-likeness (QED) is 0.438. The highest BCUT2D eigenvalue weighted by Gasteiger charge is 2.29. The second kappa shape index (κ2) is 8.43. The fraction of sp³-hybridized carbons (Fsp3) is 0.200. The number of nitrogens with zero attached hydrogens (tertiary/aromatic N) is 2. The molecule has 32 heavy (non-hydrogen) atoms. The van der Waals surface area contributed by atoms with Crippen LogP contribution >= 0.6 is 0 Å². The Balaban J connectivity index is 1.55. The van der Waals surface area contributed by atoms with Crippen molar-refractivity contribution < 1.29 is 14.2 Å². The number of ether oxygens (including phenoxy) is 1. The lowest BCUT2D eigenvalue weighted by Crippen LogP contribution is -2.28. The normalized spacial score (nSPS) is 18.1. The second-order valence-corrected chi connectivity index (χ2v) is 7.87. The Morgan fingerprint density at radius 3 is 2.78 bits per heavy atom. The van der Waals surface area contributed by atoms with Crippen LogP contribution in [0.3, 0.4) is 0 Å². The molecule has 3 aromatic carbocycles. The molecule has 2 atom stereocenters. The smallest absolute Gasteiger partial charge is 0.165 e. The molecule has 1 fully saturated rings. The van der Waals surface area contributed by atoms with Crippen LogP contribution < -0.4 is 15.4 Å². The van der Waals surface area contributed by atoms with Crippen molar-refractivity contribution >= 4 is 16.7 Å². The molecule has 0 radical (unpaired) electrons. The second-order valence-electron chi connectivity index (χ2n) is 7.87. The molecule has 4 aromatic rings. The summed E-state index contributed by atoms with van der Waals surface area (Å²) in [4.78, 5) is 9.27. The van der Waals surface area contributed by atoms with Gasteiger partial charge < -0.3 is 20.5 Å². The maximum Gasteiger partial charge on any atom is 0.165 e. The molecule has 0 bridgehead atoms. The number of hydrogen-bond donors (Lipinski definition) is 3. The van der Waals surface area contributed by atoms with Gasteiger partial charge in [-0.2, -0.15) is 0 Å². The van der Waals surface area contributed by atoms with Crippen LogP contribution in [-0.2, 0) is 0 Å². The molecule has 1 aromatic heterocycles. The van der Waals surface area contributed by atoms with Crippen molar-refractivity contribution in [2.75, 3.05) is 25.5 Å². The van der Waals surface area contributed by atoms with E-state index in [9.17, 15) is 9.50 Å². The average molecular weight is 430 g/mol. The summed E-state index contributed by atoms with van der Waals surface area (Å²) in [5.41, 5.74) is 2.15. The Bertz CT molecular complexity index is 1280. The van der Waals surface area contributed by atoms with E-state index in [-0.39, 0.29) is 29.1 Å². The van der Waals surface area contributed by atoms with E-state index in [1.54, 1.807) is 7.11 Å². The largest absolute Gasteiger partial charge is 0.507 e. The van der Waals surface area contributed by atoms with Gasteiger partial charge in [-0.25, -0.2) is 14.4 Å². The van der Waals surface area contributed by atoms with E-state index in [0.717, 1.165) is 24.2 Å². The molecular weight excluding hydrogens is 407 g/mol. The first-order valence-corrected chi connectivity index (χ1v) is 10.5. The van der Waals surface area contributed by atoms with E-state index in [0.29, 0.717) is 11.3 Å². The fourth-order valence-electron chi connectivity index (χ4n) is 4.22. The molecule has 162 valence electrons. The van der Waals surface area contributed by atoms with Crippen LogP contribution in [-0.4, -0.2) is 41.3 Å². The number of phenolic OH excluding ortho intramolecular Hbond substituents is 1. The molecule has 0 aliphatic carbocycles. The average Bonchev–Trinajstić information content (AvgIpc) is 3.29. The van der Waals surface area contributed by atoms with E-state index in [1.807, 2.05) is 36.4 Å². The van der Waals surface area contributed by atoms with Crippen molar-refractivity contribution in [1.29, 1.82) is 0 Å². The topological polar surface area (TPSA) is 79.3 Å². The molecule has 5 rings (SSSR count). The molecule has 3 N–H and O–H groups in total. The van der Waals surface area contributed by atoms with E-state index in [2.05, 4.69) is 27.8 Å². The minimum absolute atomic E-state index is 0.0654. The lowest BCUT2D eigenvalue weighted by atomic mass is 9.94. The molecule has 0 saturated carbocycles. The van der Waals surface area contributed by atoms with Gasteiger partial charge in [0.1, 0.15) is 23.1 Å². The first-order valence-electron chi connectivity index (χ1n) is 10.5. The van der Waals surface area contributed by atoms with E-state index >= 15 is 0 Å². The van der Waals surface area contributed by atoms with Crippen molar-refractivity contribution in [3.05, 3.63) is 78.1 Å². The van der Waals surface area contributed by atoms with Crippen molar-refractivity contribution in [3.63, 3.8) is 0 Å². The first-order chi connectivity index (χ1) is 15.6. The monoisotopic (exact) mass is 430 g/mol. The lowest BCUT2D eigenvalue weighted by molar-refractivity contribution is 0.414. The Morgan fingerprint density at radius 1 is 1.03 bits per heavy atom. The molecule has 1 aliphatic heterocycles. The van der Waals surface area contributed by atoms with Gasteiger partial charge in [-0.15, -0.1) is 0 Å². The predicted molar refractivity (Wildman–Crippen MR) is 123 cm³/mol.